The van der Waals surface area contributed by atoms with E-state index in [1.165, 1.54) is 5.69 Å². The molecule has 1 fully saturated rings. The molecule has 1 aromatic rings. The molecule has 3 rings (SSSR count). The van der Waals surface area contributed by atoms with Crippen molar-refractivity contribution in [2.45, 2.75) is 38.8 Å². The summed E-state index contributed by atoms with van der Waals surface area (Å²) in [7, 11) is 0. The van der Waals surface area contributed by atoms with Gasteiger partial charge in [0.1, 0.15) is 5.71 Å². The third kappa shape index (κ3) is 3.21. The monoisotopic (exact) mass is 314 g/mol. The van der Waals surface area contributed by atoms with E-state index in [-0.39, 0.29) is 23.9 Å². The highest BCUT2D eigenvalue weighted by atomic mass is 16.2. The van der Waals surface area contributed by atoms with Gasteiger partial charge in [0.25, 0.3) is 5.91 Å². The van der Waals surface area contributed by atoms with Gasteiger partial charge >= 0.3 is 0 Å². The van der Waals surface area contributed by atoms with Crippen molar-refractivity contribution in [1.82, 2.24) is 10.3 Å². The Balaban J connectivity index is 1.72. The van der Waals surface area contributed by atoms with Crippen LogP contribution in [0.15, 0.2) is 35.4 Å². The molecule has 1 N–H and O–H groups in total. The minimum Gasteiger partial charge on any atom is -0.363 e. The number of amides is 2. The van der Waals surface area contributed by atoms with E-state index in [4.69, 9.17) is 0 Å². The second kappa shape index (κ2) is 6.40. The molecule has 6 heteroatoms. The van der Waals surface area contributed by atoms with Crippen LogP contribution in [-0.4, -0.2) is 47.6 Å². The molecule has 1 saturated heterocycles. The largest absolute Gasteiger partial charge is 0.363 e. The lowest BCUT2D eigenvalue weighted by atomic mass is 10.0. The first-order chi connectivity index (χ1) is 11.1. The van der Waals surface area contributed by atoms with Gasteiger partial charge in [-0.05, 0) is 26.0 Å². The average molecular weight is 314 g/mol. The normalized spacial score (nSPS) is 25.0. The van der Waals surface area contributed by atoms with Crippen LogP contribution in [0.5, 0.6) is 0 Å². The van der Waals surface area contributed by atoms with Gasteiger partial charge in [-0.1, -0.05) is 18.2 Å². The summed E-state index contributed by atoms with van der Waals surface area (Å²) in [4.78, 5) is 28.0. The number of nitrogens with one attached hydrogen (secondary N) is 1. The highest BCUT2D eigenvalue weighted by Crippen LogP contribution is 2.24. The Hall–Kier alpha value is -2.37. The Morgan fingerprint density at radius 3 is 2.35 bits per heavy atom. The van der Waals surface area contributed by atoms with Crippen molar-refractivity contribution in [2.24, 2.45) is 5.10 Å². The summed E-state index contributed by atoms with van der Waals surface area (Å²) in [6.45, 7) is 5.58. The van der Waals surface area contributed by atoms with E-state index in [9.17, 15) is 9.59 Å². The first kappa shape index (κ1) is 15.5. The summed E-state index contributed by atoms with van der Waals surface area (Å²) in [6, 6.07) is 10.7. The third-order valence-electron chi connectivity index (χ3n) is 4.41. The number of hydrogen-bond donors (Lipinski definition) is 1. The molecule has 2 heterocycles. The quantitative estimate of drug-likeness (QED) is 0.897. The van der Waals surface area contributed by atoms with Crippen molar-refractivity contribution in [3.05, 3.63) is 30.3 Å². The fourth-order valence-electron chi connectivity index (χ4n) is 3.41. The van der Waals surface area contributed by atoms with E-state index in [0.29, 0.717) is 31.6 Å². The molecule has 1 aromatic carbocycles. The lowest BCUT2D eigenvalue weighted by molar-refractivity contribution is -0.125. The van der Waals surface area contributed by atoms with Gasteiger partial charge in [-0.2, -0.15) is 5.10 Å². The molecule has 0 radical (unpaired) electrons. The Morgan fingerprint density at radius 1 is 1.13 bits per heavy atom. The first-order valence-electron chi connectivity index (χ1n) is 8.04. The molecular formula is C17H22N4O2. The number of benzene rings is 1. The zero-order valence-electron chi connectivity index (χ0n) is 13.5. The SMILES string of the molecule is CC1CN(C(=O)C2=NNC(=O)CC2)CC(C)N1c1ccccc1. The standard InChI is InChI=1S/C17H22N4O2/c1-12-10-20(17(23)15-8-9-16(22)19-18-15)11-13(2)21(12)14-6-4-3-5-7-14/h3-7,12-13H,8-11H2,1-2H3,(H,19,22). The zero-order valence-corrected chi connectivity index (χ0v) is 13.5. The smallest absolute Gasteiger partial charge is 0.270 e. The summed E-state index contributed by atoms with van der Waals surface area (Å²) < 4.78 is 0. The summed E-state index contributed by atoms with van der Waals surface area (Å²) in [5.41, 5.74) is 4.04. The maximum Gasteiger partial charge on any atom is 0.270 e. The van der Waals surface area contributed by atoms with E-state index in [1.807, 2.05) is 23.1 Å². The van der Waals surface area contributed by atoms with Gasteiger partial charge in [0.15, 0.2) is 0 Å². The lowest BCUT2D eigenvalue weighted by Gasteiger charge is -2.46. The Bertz CT molecular complexity index is 617. The van der Waals surface area contributed by atoms with E-state index in [2.05, 4.69) is 41.4 Å². The molecule has 2 atom stereocenters. The van der Waals surface area contributed by atoms with E-state index in [1.54, 1.807) is 0 Å². The number of anilines is 1. The maximum atomic E-state index is 12.6. The molecule has 23 heavy (non-hydrogen) atoms. The number of carbonyl (C=O) groups excluding carboxylic acids is 2. The third-order valence-corrected chi connectivity index (χ3v) is 4.41. The fraction of sp³-hybridized carbons (Fsp3) is 0.471. The second-order valence-corrected chi connectivity index (χ2v) is 6.24. The highest BCUT2D eigenvalue weighted by molar-refractivity contribution is 6.39. The molecule has 0 aromatic heterocycles. The van der Waals surface area contributed by atoms with Gasteiger partial charge in [-0.15, -0.1) is 0 Å². The van der Waals surface area contributed by atoms with Crippen LogP contribution in [0.25, 0.3) is 0 Å². The van der Waals surface area contributed by atoms with Crippen LogP contribution in [-0.2, 0) is 9.59 Å². The van der Waals surface area contributed by atoms with Crippen LogP contribution >= 0.6 is 0 Å². The number of hydrogen-bond acceptors (Lipinski definition) is 4. The van der Waals surface area contributed by atoms with Gasteiger partial charge in [0.2, 0.25) is 5.91 Å². The number of carbonyl (C=O) groups is 2. The van der Waals surface area contributed by atoms with Crippen molar-refractivity contribution in [2.75, 3.05) is 18.0 Å². The molecule has 0 saturated carbocycles. The molecule has 2 unspecified atom stereocenters. The molecule has 0 spiro atoms. The van der Waals surface area contributed by atoms with E-state index >= 15 is 0 Å². The summed E-state index contributed by atoms with van der Waals surface area (Å²) in [5.74, 6) is -0.186. The Kier molecular flexibility index (Phi) is 4.32. The van der Waals surface area contributed by atoms with Gasteiger partial charge in [0.05, 0.1) is 0 Å². The number of piperazine rings is 1. The number of nitrogens with zero attached hydrogens (tertiary/aromatic N) is 3. The van der Waals surface area contributed by atoms with E-state index < -0.39 is 0 Å². The average Bonchev–Trinajstić information content (AvgIpc) is 2.55. The van der Waals surface area contributed by atoms with Crippen LogP contribution in [0.4, 0.5) is 5.69 Å². The van der Waals surface area contributed by atoms with Crippen LogP contribution in [0, 0.1) is 0 Å². The van der Waals surface area contributed by atoms with Gasteiger partial charge in [-0.3, -0.25) is 9.59 Å². The summed E-state index contributed by atoms with van der Waals surface area (Å²) in [6.07, 6.45) is 0.756. The minimum absolute atomic E-state index is 0.0589. The predicted molar refractivity (Wildman–Crippen MR) is 89.2 cm³/mol. The van der Waals surface area contributed by atoms with Crippen molar-refractivity contribution in [3.63, 3.8) is 0 Å². The highest BCUT2D eigenvalue weighted by Gasteiger charge is 2.34. The lowest BCUT2D eigenvalue weighted by Crippen LogP contribution is -2.59. The van der Waals surface area contributed by atoms with Crippen LogP contribution in [0.2, 0.25) is 0 Å². The van der Waals surface area contributed by atoms with Crippen LogP contribution in [0.1, 0.15) is 26.7 Å². The van der Waals surface area contributed by atoms with Crippen molar-refractivity contribution >= 4 is 23.2 Å². The molecule has 2 aliphatic heterocycles. The zero-order chi connectivity index (χ0) is 16.4. The van der Waals surface area contributed by atoms with Gasteiger partial charge in [-0.25, -0.2) is 5.43 Å². The van der Waals surface area contributed by atoms with Crippen molar-refractivity contribution in [3.8, 4) is 0 Å². The molecule has 0 bridgehead atoms. The first-order valence-corrected chi connectivity index (χ1v) is 8.04. The molecule has 0 aliphatic carbocycles. The van der Waals surface area contributed by atoms with Crippen LogP contribution < -0.4 is 10.3 Å². The second-order valence-electron chi connectivity index (χ2n) is 6.24. The van der Waals surface area contributed by atoms with Crippen molar-refractivity contribution < 1.29 is 9.59 Å². The molecule has 122 valence electrons. The molecular weight excluding hydrogens is 292 g/mol. The van der Waals surface area contributed by atoms with Gasteiger partial charge in [0, 0.05) is 43.7 Å². The maximum absolute atomic E-state index is 12.6. The van der Waals surface area contributed by atoms with E-state index in [0.717, 1.165) is 0 Å². The number of hydrazone groups is 1. The molecule has 2 amide bonds. The minimum atomic E-state index is -0.128. The Morgan fingerprint density at radius 2 is 1.78 bits per heavy atom. The number of rotatable bonds is 2. The Labute approximate surface area is 136 Å². The van der Waals surface area contributed by atoms with Gasteiger partial charge < -0.3 is 9.80 Å². The molecule has 6 nitrogen and oxygen atoms in total. The molecule has 2 aliphatic rings. The fourth-order valence-corrected chi connectivity index (χ4v) is 3.41. The predicted octanol–water partition coefficient (Wildman–Crippen LogP) is 1.38. The summed E-state index contributed by atoms with van der Waals surface area (Å²) in [5, 5.41) is 3.93. The topological polar surface area (TPSA) is 65.0 Å². The summed E-state index contributed by atoms with van der Waals surface area (Å²) >= 11 is 0. The van der Waals surface area contributed by atoms with Crippen LogP contribution in [0.3, 0.4) is 0 Å². The van der Waals surface area contributed by atoms with Crippen molar-refractivity contribution in [1.29, 1.82) is 0 Å². The number of para-hydroxylation sites is 1.